The molecule has 0 saturated carbocycles. The molecule has 1 aliphatic heterocycles. The maximum Gasteiger partial charge on any atom is 0.262 e. The van der Waals surface area contributed by atoms with Crippen molar-refractivity contribution in [2.24, 2.45) is 0 Å². The van der Waals surface area contributed by atoms with Crippen molar-refractivity contribution in [1.29, 1.82) is 0 Å². The van der Waals surface area contributed by atoms with Gasteiger partial charge in [0.05, 0.1) is 18.4 Å². The summed E-state index contributed by atoms with van der Waals surface area (Å²) in [5.74, 6) is 1.72. The summed E-state index contributed by atoms with van der Waals surface area (Å²) in [7, 11) is 3.27. The fourth-order valence-electron chi connectivity index (χ4n) is 3.11. The second kappa shape index (κ2) is 8.16. The number of carbonyl (C=O) groups is 2. The summed E-state index contributed by atoms with van der Waals surface area (Å²) in [6, 6.07) is 19.2. The molecule has 0 saturated heterocycles. The molecule has 7 heteroatoms. The molecule has 30 heavy (non-hydrogen) atoms. The second-order valence-corrected chi connectivity index (χ2v) is 6.66. The number of anilines is 2. The van der Waals surface area contributed by atoms with Gasteiger partial charge in [-0.25, -0.2) is 0 Å². The third kappa shape index (κ3) is 3.91. The number of ether oxygens (including phenoxy) is 3. The Bertz CT molecular complexity index is 1100. The highest BCUT2D eigenvalue weighted by atomic mass is 16.5. The lowest BCUT2D eigenvalue weighted by molar-refractivity contribution is -0.118. The van der Waals surface area contributed by atoms with Crippen LogP contribution in [0, 0.1) is 0 Å². The largest absolute Gasteiger partial charge is 0.497 e. The van der Waals surface area contributed by atoms with Gasteiger partial charge in [0.15, 0.2) is 12.4 Å². The summed E-state index contributed by atoms with van der Waals surface area (Å²) in [6.45, 7) is -0.167. The van der Waals surface area contributed by atoms with Gasteiger partial charge in [-0.3, -0.25) is 9.59 Å². The lowest BCUT2D eigenvalue weighted by atomic mass is 10.1. The highest BCUT2D eigenvalue weighted by molar-refractivity contribution is 6.10. The number of amides is 2. The van der Waals surface area contributed by atoms with Crippen LogP contribution in [0.1, 0.15) is 10.4 Å². The normalized spacial score (nSPS) is 12.2. The van der Waals surface area contributed by atoms with Crippen LogP contribution in [-0.4, -0.2) is 32.6 Å². The van der Waals surface area contributed by atoms with Crippen molar-refractivity contribution in [3.05, 3.63) is 72.3 Å². The Balaban J connectivity index is 1.46. The minimum absolute atomic E-state index is 0.167. The van der Waals surface area contributed by atoms with Gasteiger partial charge in [0.25, 0.3) is 11.8 Å². The van der Waals surface area contributed by atoms with Crippen molar-refractivity contribution in [3.8, 4) is 23.0 Å². The molecule has 1 heterocycles. The number of rotatable bonds is 5. The van der Waals surface area contributed by atoms with Crippen LogP contribution in [0.5, 0.6) is 23.0 Å². The molecule has 0 fully saturated rings. The Kier molecular flexibility index (Phi) is 5.26. The van der Waals surface area contributed by atoms with Gasteiger partial charge in [-0.15, -0.1) is 0 Å². The fraction of sp³-hybridized carbons (Fsp3) is 0.130. The number of nitrogens with zero attached hydrogens (tertiary/aromatic N) is 1. The van der Waals surface area contributed by atoms with Crippen molar-refractivity contribution in [3.63, 3.8) is 0 Å². The first kappa shape index (κ1) is 19.3. The molecule has 1 N–H and O–H groups in total. The smallest absolute Gasteiger partial charge is 0.262 e. The minimum Gasteiger partial charge on any atom is -0.497 e. The summed E-state index contributed by atoms with van der Waals surface area (Å²) < 4.78 is 16.5. The van der Waals surface area contributed by atoms with E-state index >= 15 is 0 Å². The lowest BCUT2D eigenvalue weighted by Crippen LogP contribution is -2.25. The molecular formula is C23H20N2O5. The predicted octanol–water partition coefficient (Wildman–Crippen LogP) is 4.10. The van der Waals surface area contributed by atoms with E-state index in [4.69, 9.17) is 14.2 Å². The Labute approximate surface area is 173 Å². The maximum absolute atomic E-state index is 12.9. The highest BCUT2D eigenvalue weighted by Gasteiger charge is 2.25. The van der Waals surface area contributed by atoms with Gasteiger partial charge >= 0.3 is 0 Å². The van der Waals surface area contributed by atoms with E-state index in [-0.39, 0.29) is 18.4 Å². The molecule has 0 radical (unpaired) electrons. The van der Waals surface area contributed by atoms with Crippen molar-refractivity contribution in [1.82, 2.24) is 0 Å². The zero-order valence-electron chi connectivity index (χ0n) is 16.5. The van der Waals surface area contributed by atoms with Crippen LogP contribution < -0.4 is 24.4 Å². The summed E-state index contributed by atoms with van der Waals surface area (Å²) in [6.07, 6.45) is 0. The molecule has 0 atom stereocenters. The summed E-state index contributed by atoms with van der Waals surface area (Å²) in [5, 5.41) is 2.75. The molecule has 0 unspecified atom stereocenters. The monoisotopic (exact) mass is 404 g/mol. The van der Waals surface area contributed by atoms with Gasteiger partial charge in [-0.2, -0.15) is 0 Å². The molecule has 152 valence electrons. The standard InChI is InChI=1S/C23H20N2O5/c1-25-19-5-3-4-6-21(19)30-20-12-7-15(13-18(20)23(25)27)24-22(26)14-29-17-10-8-16(28-2)9-11-17/h3-13H,14H2,1-2H3,(H,24,26). The first-order valence-corrected chi connectivity index (χ1v) is 9.31. The van der Waals surface area contributed by atoms with Gasteiger partial charge in [0.1, 0.15) is 17.2 Å². The minimum atomic E-state index is -0.343. The Morgan fingerprint density at radius 1 is 1.00 bits per heavy atom. The zero-order chi connectivity index (χ0) is 21.1. The van der Waals surface area contributed by atoms with E-state index in [0.717, 1.165) is 0 Å². The first-order valence-electron chi connectivity index (χ1n) is 9.31. The molecule has 1 aliphatic rings. The molecule has 0 spiro atoms. The Hall–Kier alpha value is -4.00. The van der Waals surface area contributed by atoms with Crippen molar-refractivity contribution in [2.45, 2.75) is 0 Å². The number of fused-ring (bicyclic) bond motifs is 2. The fourth-order valence-corrected chi connectivity index (χ4v) is 3.11. The summed E-state index contributed by atoms with van der Waals surface area (Å²) in [4.78, 5) is 26.7. The number of hydrogen-bond donors (Lipinski definition) is 1. The van der Waals surface area contributed by atoms with Crippen LogP contribution in [0.4, 0.5) is 11.4 Å². The number of para-hydroxylation sites is 2. The van der Waals surface area contributed by atoms with Crippen molar-refractivity contribution >= 4 is 23.2 Å². The predicted molar refractivity (Wildman–Crippen MR) is 113 cm³/mol. The van der Waals surface area contributed by atoms with Crippen LogP contribution in [0.3, 0.4) is 0 Å². The number of carbonyl (C=O) groups excluding carboxylic acids is 2. The molecule has 3 aromatic carbocycles. The van der Waals surface area contributed by atoms with Crippen molar-refractivity contribution < 1.29 is 23.8 Å². The summed E-state index contributed by atoms with van der Waals surface area (Å²) in [5.41, 5.74) is 1.52. The van der Waals surface area contributed by atoms with Gasteiger partial charge in [-0.05, 0) is 54.6 Å². The average molecular weight is 404 g/mol. The van der Waals surface area contributed by atoms with E-state index in [2.05, 4.69) is 5.32 Å². The second-order valence-electron chi connectivity index (χ2n) is 6.66. The third-order valence-electron chi connectivity index (χ3n) is 4.67. The Morgan fingerprint density at radius 3 is 2.50 bits per heavy atom. The third-order valence-corrected chi connectivity index (χ3v) is 4.67. The molecule has 2 amide bonds. The molecule has 0 bridgehead atoms. The van der Waals surface area contributed by atoms with E-state index < -0.39 is 0 Å². The van der Waals surface area contributed by atoms with Crippen LogP contribution in [-0.2, 0) is 4.79 Å². The van der Waals surface area contributed by atoms with Gasteiger partial charge < -0.3 is 24.4 Å². The Morgan fingerprint density at radius 2 is 1.73 bits per heavy atom. The molecule has 0 aromatic heterocycles. The zero-order valence-corrected chi connectivity index (χ0v) is 16.5. The van der Waals surface area contributed by atoms with E-state index in [1.165, 1.54) is 4.90 Å². The van der Waals surface area contributed by atoms with E-state index in [1.54, 1.807) is 62.7 Å². The number of hydrogen-bond acceptors (Lipinski definition) is 5. The molecule has 0 aliphatic carbocycles. The van der Waals surface area contributed by atoms with Crippen LogP contribution in [0.25, 0.3) is 0 Å². The highest BCUT2D eigenvalue weighted by Crippen LogP contribution is 2.38. The maximum atomic E-state index is 12.9. The molecule has 3 aromatic rings. The van der Waals surface area contributed by atoms with Crippen LogP contribution >= 0.6 is 0 Å². The topological polar surface area (TPSA) is 77.1 Å². The van der Waals surface area contributed by atoms with Gasteiger partial charge in [0.2, 0.25) is 0 Å². The van der Waals surface area contributed by atoms with E-state index in [1.807, 2.05) is 18.2 Å². The van der Waals surface area contributed by atoms with Gasteiger partial charge in [0, 0.05) is 12.7 Å². The number of benzene rings is 3. The average Bonchev–Trinajstić information content (AvgIpc) is 2.88. The summed E-state index contributed by atoms with van der Waals surface area (Å²) >= 11 is 0. The lowest BCUT2D eigenvalue weighted by Gasteiger charge is -2.16. The molecular weight excluding hydrogens is 384 g/mol. The van der Waals surface area contributed by atoms with E-state index in [0.29, 0.717) is 39.9 Å². The molecule has 4 rings (SSSR count). The van der Waals surface area contributed by atoms with Crippen LogP contribution in [0.15, 0.2) is 66.7 Å². The number of methoxy groups -OCH3 is 1. The number of nitrogens with one attached hydrogen (secondary N) is 1. The first-order chi connectivity index (χ1) is 14.5. The molecule has 7 nitrogen and oxygen atoms in total. The van der Waals surface area contributed by atoms with Crippen LogP contribution in [0.2, 0.25) is 0 Å². The van der Waals surface area contributed by atoms with Crippen molar-refractivity contribution in [2.75, 3.05) is 31.0 Å². The SMILES string of the molecule is COc1ccc(OCC(=O)Nc2ccc3c(c2)C(=O)N(C)c2ccccc2O3)cc1. The van der Waals surface area contributed by atoms with Gasteiger partial charge in [-0.1, -0.05) is 12.1 Å². The van der Waals surface area contributed by atoms with E-state index in [9.17, 15) is 9.59 Å². The quantitative estimate of drug-likeness (QED) is 0.693.